The summed E-state index contributed by atoms with van der Waals surface area (Å²) in [6.45, 7) is 1.99. The third-order valence-corrected chi connectivity index (χ3v) is 4.18. The van der Waals surface area contributed by atoms with Crippen LogP contribution in [0.2, 0.25) is 0 Å². The molecule has 1 N–H and O–H groups in total. The molecule has 2 heterocycles. The molecule has 0 fully saturated rings. The molecule has 27 heavy (non-hydrogen) atoms. The molecule has 0 saturated heterocycles. The number of aryl methyl sites for hydroxylation is 1. The predicted molar refractivity (Wildman–Crippen MR) is 105 cm³/mol. The molecule has 3 aromatic rings. The van der Waals surface area contributed by atoms with Crippen molar-refractivity contribution in [2.75, 3.05) is 24.5 Å². The molecule has 0 atom stereocenters. The Labute approximate surface area is 157 Å². The summed E-state index contributed by atoms with van der Waals surface area (Å²) in [4.78, 5) is 8.87. The van der Waals surface area contributed by atoms with Gasteiger partial charge in [-0.05, 0) is 42.8 Å². The van der Waals surface area contributed by atoms with Crippen LogP contribution in [0, 0.1) is 6.92 Å². The van der Waals surface area contributed by atoms with Gasteiger partial charge in [-0.1, -0.05) is 18.2 Å². The second-order valence-electron chi connectivity index (χ2n) is 6.08. The average Bonchev–Trinajstić information content (AvgIpc) is 2.69. The number of hydrogen-bond acceptors (Lipinski definition) is 7. The SMILES string of the molecule is COc1ccc(C2=NN(C)c3nc(Nc4ccccc4)ncc3O2)c(C)c1. The van der Waals surface area contributed by atoms with Crippen LogP contribution in [0.25, 0.3) is 0 Å². The second kappa shape index (κ2) is 6.95. The molecule has 0 bridgehead atoms. The number of hydrazone groups is 1. The number of hydrogen-bond donors (Lipinski definition) is 1. The summed E-state index contributed by atoms with van der Waals surface area (Å²) >= 11 is 0. The van der Waals surface area contributed by atoms with Crippen LogP contribution in [0.5, 0.6) is 11.5 Å². The first kappa shape index (κ1) is 16.8. The van der Waals surface area contributed by atoms with Crippen LogP contribution >= 0.6 is 0 Å². The molecule has 0 aliphatic carbocycles. The van der Waals surface area contributed by atoms with Gasteiger partial charge in [-0.25, -0.2) is 9.99 Å². The Balaban J connectivity index is 1.61. The Bertz CT molecular complexity index is 1000. The van der Waals surface area contributed by atoms with Gasteiger partial charge in [0.25, 0.3) is 0 Å². The number of ether oxygens (including phenoxy) is 2. The lowest BCUT2D eigenvalue weighted by atomic mass is 10.1. The van der Waals surface area contributed by atoms with Gasteiger partial charge in [0.2, 0.25) is 11.8 Å². The highest BCUT2D eigenvalue weighted by Crippen LogP contribution is 2.32. The molecule has 1 aliphatic rings. The zero-order chi connectivity index (χ0) is 18.8. The molecule has 0 unspecified atom stereocenters. The smallest absolute Gasteiger partial charge is 0.244 e. The topological polar surface area (TPSA) is 71.9 Å². The first-order valence-electron chi connectivity index (χ1n) is 8.48. The maximum Gasteiger partial charge on any atom is 0.244 e. The van der Waals surface area contributed by atoms with Gasteiger partial charge in [-0.2, -0.15) is 4.98 Å². The third-order valence-electron chi connectivity index (χ3n) is 4.18. The number of fused-ring (bicyclic) bond motifs is 1. The van der Waals surface area contributed by atoms with E-state index in [1.54, 1.807) is 18.3 Å². The fraction of sp³-hybridized carbons (Fsp3) is 0.150. The minimum absolute atomic E-state index is 0.481. The second-order valence-corrected chi connectivity index (χ2v) is 6.08. The van der Waals surface area contributed by atoms with Gasteiger partial charge in [0.1, 0.15) is 5.75 Å². The maximum atomic E-state index is 5.96. The van der Waals surface area contributed by atoms with Gasteiger partial charge in [0.15, 0.2) is 11.6 Å². The Morgan fingerprint density at radius 2 is 1.93 bits per heavy atom. The van der Waals surface area contributed by atoms with E-state index < -0.39 is 0 Å². The summed E-state index contributed by atoms with van der Waals surface area (Å²) in [5.74, 6) is 2.92. The molecule has 0 amide bonds. The van der Waals surface area contributed by atoms with Gasteiger partial charge in [0.05, 0.1) is 13.3 Å². The van der Waals surface area contributed by atoms with Crippen molar-refractivity contribution in [2.24, 2.45) is 5.10 Å². The highest BCUT2D eigenvalue weighted by Gasteiger charge is 2.23. The van der Waals surface area contributed by atoms with Crippen molar-refractivity contribution in [3.63, 3.8) is 0 Å². The van der Waals surface area contributed by atoms with E-state index in [-0.39, 0.29) is 0 Å². The van der Waals surface area contributed by atoms with Crippen molar-refractivity contribution in [3.8, 4) is 11.5 Å². The lowest BCUT2D eigenvalue weighted by Gasteiger charge is -2.24. The minimum Gasteiger partial charge on any atom is -0.497 e. The normalized spacial score (nSPS) is 12.7. The summed E-state index contributed by atoms with van der Waals surface area (Å²) in [5.41, 5.74) is 2.81. The van der Waals surface area contributed by atoms with Gasteiger partial charge in [0, 0.05) is 18.3 Å². The number of benzene rings is 2. The summed E-state index contributed by atoms with van der Waals surface area (Å²) in [6, 6.07) is 15.5. The van der Waals surface area contributed by atoms with E-state index >= 15 is 0 Å². The minimum atomic E-state index is 0.481. The van der Waals surface area contributed by atoms with Crippen molar-refractivity contribution in [3.05, 3.63) is 65.9 Å². The molecule has 0 spiro atoms. The largest absolute Gasteiger partial charge is 0.497 e. The van der Waals surface area contributed by atoms with Crippen LogP contribution < -0.4 is 19.8 Å². The molecule has 0 radical (unpaired) electrons. The third kappa shape index (κ3) is 3.39. The molecular weight excluding hydrogens is 342 g/mol. The first-order chi connectivity index (χ1) is 13.1. The van der Waals surface area contributed by atoms with Gasteiger partial charge >= 0.3 is 0 Å². The molecule has 7 heteroatoms. The summed E-state index contributed by atoms with van der Waals surface area (Å²) in [5, 5.41) is 9.39. The number of methoxy groups -OCH3 is 1. The Kier molecular flexibility index (Phi) is 4.33. The number of nitrogens with one attached hydrogen (secondary N) is 1. The molecule has 136 valence electrons. The van der Waals surface area contributed by atoms with Crippen molar-refractivity contribution in [1.29, 1.82) is 0 Å². The zero-order valence-corrected chi connectivity index (χ0v) is 15.3. The van der Waals surface area contributed by atoms with E-state index in [4.69, 9.17) is 9.47 Å². The summed E-state index contributed by atoms with van der Waals surface area (Å²) < 4.78 is 11.2. The zero-order valence-electron chi connectivity index (χ0n) is 15.3. The number of anilines is 3. The predicted octanol–water partition coefficient (Wildman–Crippen LogP) is 3.73. The lowest BCUT2D eigenvalue weighted by Crippen LogP contribution is -2.26. The number of aromatic nitrogens is 2. The molecule has 4 rings (SSSR count). The standard InChI is InChI=1S/C20H19N5O2/c1-13-11-15(26-3)9-10-16(13)19-24-25(2)18-17(27-19)12-21-20(23-18)22-14-7-5-4-6-8-14/h4-12H,1-3H3,(H,21,22,23). The Hall–Kier alpha value is -3.61. The fourth-order valence-electron chi connectivity index (χ4n) is 2.80. The molecule has 2 aromatic carbocycles. The number of nitrogens with zero attached hydrogens (tertiary/aromatic N) is 4. The number of para-hydroxylation sites is 1. The van der Waals surface area contributed by atoms with Crippen LogP contribution in [0.15, 0.2) is 59.8 Å². The molecule has 1 aromatic heterocycles. The van der Waals surface area contributed by atoms with Crippen LogP contribution in [0.4, 0.5) is 17.5 Å². The first-order valence-corrected chi connectivity index (χ1v) is 8.48. The molecule has 0 saturated carbocycles. The highest BCUT2D eigenvalue weighted by atomic mass is 16.5. The van der Waals surface area contributed by atoms with Crippen molar-refractivity contribution in [2.45, 2.75) is 6.92 Å². The molecular formula is C20H19N5O2. The van der Waals surface area contributed by atoms with Crippen molar-refractivity contribution >= 4 is 23.4 Å². The van der Waals surface area contributed by atoms with E-state index in [9.17, 15) is 0 Å². The van der Waals surface area contributed by atoms with Gasteiger partial charge in [-0.15, -0.1) is 5.10 Å². The summed E-state index contributed by atoms with van der Waals surface area (Å²) in [6.07, 6.45) is 1.65. The quantitative estimate of drug-likeness (QED) is 0.763. The van der Waals surface area contributed by atoms with Crippen LogP contribution in [0.3, 0.4) is 0 Å². The van der Waals surface area contributed by atoms with Crippen LogP contribution in [0.1, 0.15) is 11.1 Å². The van der Waals surface area contributed by atoms with Gasteiger partial charge in [-0.3, -0.25) is 0 Å². The van der Waals surface area contributed by atoms with Crippen molar-refractivity contribution in [1.82, 2.24) is 9.97 Å². The fourth-order valence-corrected chi connectivity index (χ4v) is 2.80. The monoisotopic (exact) mass is 361 g/mol. The molecule has 1 aliphatic heterocycles. The Morgan fingerprint density at radius 3 is 2.67 bits per heavy atom. The van der Waals surface area contributed by atoms with Gasteiger partial charge < -0.3 is 14.8 Å². The van der Waals surface area contributed by atoms with E-state index in [0.29, 0.717) is 23.4 Å². The van der Waals surface area contributed by atoms with E-state index in [1.807, 2.05) is 62.5 Å². The summed E-state index contributed by atoms with van der Waals surface area (Å²) in [7, 11) is 3.48. The van der Waals surface area contributed by atoms with E-state index in [1.165, 1.54) is 0 Å². The van der Waals surface area contributed by atoms with E-state index in [0.717, 1.165) is 22.6 Å². The van der Waals surface area contributed by atoms with E-state index in [2.05, 4.69) is 20.4 Å². The Morgan fingerprint density at radius 1 is 1.11 bits per heavy atom. The van der Waals surface area contributed by atoms with Crippen LogP contribution in [-0.2, 0) is 0 Å². The lowest BCUT2D eigenvalue weighted by molar-refractivity contribution is 0.414. The average molecular weight is 361 g/mol. The molecule has 7 nitrogen and oxygen atoms in total. The van der Waals surface area contributed by atoms with Crippen molar-refractivity contribution < 1.29 is 9.47 Å². The van der Waals surface area contributed by atoms with Crippen LogP contribution in [-0.4, -0.2) is 30.0 Å². The highest BCUT2D eigenvalue weighted by molar-refractivity contribution is 5.99. The maximum absolute atomic E-state index is 5.96. The number of rotatable bonds is 4.